The van der Waals surface area contributed by atoms with Crippen LogP contribution in [0.15, 0.2) is 22.7 Å². The van der Waals surface area contributed by atoms with Gasteiger partial charge in [-0.2, -0.15) is 10.4 Å². The van der Waals surface area contributed by atoms with Crippen molar-refractivity contribution in [2.45, 2.75) is 33.6 Å². The summed E-state index contributed by atoms with van der Waals surface area (Å²) in [6.07, 6.45) is 1.48. The van der Waals surface area contributed by atoms with E-state index in [4.69, 9.17) is 4.74 Å². The number of halogens is 1. The summed E-state index contributed by atoms with van der Waals surface area (Å²) in [6.45, 7) is 6.00. The maximum Gasteiger partial charge on any atom is 0.257 e. The Kier molecular flexibility index (Phi) is 4.92. The summed E-state index contributed by atoms with van der Waals surface area (Å²) in [6, 6.07) is 7.95. The molecule has 2 rings (SSSR count). The van der Waals surface area contributed by atoms with E-state index in [0.29, 0.717) is 11.3 Å². The third-order valence-electron chi connectivity index (χ3n) is 3.22. The molecule has 0 N–H and O–H groups in total. The first-order chi connectivity index (χ1) is 10.1. The molecule has 4 nitrogen and oxygen atoms in total. The fraction of sp³-hybridized carbons (Fsp3) is 0.312. The number of aryl methyl sites for hydroxylation is 2. The Morgan fingerprint density at radius 2 is 2.00 bits per heavy atom. The summed E-state index contributed by atoms with van der Waals surface area (Å²) in [4.78, 5) is 0. The Labute approximate surface area is 132 Å². The van der Waals surface area contributed by atoms with E-state index in [1.54, 1.807) is 0 Å². The number of aromatic nitrogens is 2. The van der Waals surface area contributed by atoms with Gasteiger partial charge in [0.05, 0.1) is 10.2 Å². The molecule has 0 bridgehead atoms. The largest absolute Gasteiger partial charge is 0.435 e. The first-order valence-electron chi connectivity index (χ1n) is 6.83. The lowest BCUT2D eigenvalue weighted by atomic mass is 10.0. The molecule has 0 aliphatic carbocycles. The van der Waals surface area contributed by atoms with Crippen LogP contribution in [-0.4, -0.2) is 10.2 Å². The first kappa shape index (κ1) is 15.5. The second kappa shape index (κ2) is 6.68. The van der Waals surface area contributed by atoms with Crippen LogP contribution >= 0.6 is 15.9 Å². The molecule has 2 aromatic rings. The minimum absolute atomic E-state index is 0.260. The molecule has 0 aliphatic rings. The number of hydrogen-bond donors (Lipinski definition) is 0. The van der Waals surface area contributed by atoms with E-state index in [0.717, 1.165) is 34.1 Å². The zero-order valence-corrected chi connectivity index (χ0v) is 13.9. The molecule has 21 heavy (non-hydrogen) atoms. The highest BCUT2D eigenvalue weighted by Gasteiger charge is 2.16. The molecular formula is C16H16BrN3O. The SMILES string of the molecule is CCc1nnc(Oc2ccc(C)cc2Br)c(C#N)c1CC. The lowest BCUT2D eigenvalue weighted by Crippen LogP contribution is -2.05. The third-order valence-corrected chi connectivity index (χ3v) is 3.84. The fourth-order valence-corrected chi connectivity index (χ4v) is 2.71. The second-order valence-electron chi connectivity index (χ2n) is 4.66. The van der Waals surface area contributed by atoms with Crippen LogP contribution in [-0.2, 0) is 12.8 Å². The zero-order chi connectivity index (χ0) is 15.4. The van der Waals surface area contributed by atoms with E-state index in [1.165, 1.54) is 0 Å². The van der Waals surface area contributed by atoms with Crippen molar-refractivity contribution in [3.05, 3.63) is 45.1 Å². The molecule has 108 valence electrons. The highest BCUT2D eigenvalue weighted by Crippen LogP contribution is 2.32. The van der Waals surface area contributed by atoms with Crippen molar-refractivity contribution in [1.29, 1.82) is 5.26 Å². The van der Waals surface area contributed by atoms with Gasteiger partial charge in [0, 0.05) is 0 Å². The average molecular weight is 346 g/mol. The number of benzene rings is 1. The molecule has 0 saturated carbocycles. The van der Waals surface area contributed by atoms with Crippen molar-refractivity contribution in [3.8, 4) is 17.7 Å². The van der Waals surface area contributed by atoms with E-state index < -0.39 is 0 Å². The normalized spacial score (nSPS) is 10.2. The molecule has 0 fully saturated rings. The van der Waals surface area contributed by atoms with Crippen molar-refractivity contribution in [2.75, 3.05) is 0 Å². The van der Waals surface area contributed by atoms with E-state index in [-0.39, 0.29) is 5.88 Å². The van der Waals surface area contributed by atoms with Crippen LogP contribution in [0.3, 0.4) is 0 Å². The monoisotopic (exact) mass is 345 g/mol. The molecule has 0 amide bonds. The summed E-state index contributed by atoms with van der Waals surface area (Å²) in [5.41, 5.74) is 3.35. The summed E-state index contributed by atoms with van der Waals surface area (Å²) in [7, 11) is 0. The minimum Gasteiger partial charge on any atom is -0.435 e. The maximum absolute atomic E-state index is 9.43. The van der Waals surface area contributed by atoms with Crippen LogP contribution in [0.4, 0.5) is 0 Å². The maximum atomic E-state index is 9.43. The first-order valence-corrected chi connectivity index (χ1v) is 7.62. The van der Waals surface area contributed by atoms with Gasteiger partial charge in [0.1, 0.15) is 17.4 Å². The molecule has 0 radical (unpaired) electrons. The fourth-order valence-electron chi connectivity index (χ4n) is 2.13. The van der Waals surface area contributed by atoms with E-state index in [9.17, 15) is 5.26 Å². The number of rotatable bonds is 4. The number of nitrogens with zero attached hydrogens (tertiary/aromatic N) is 3. The molecular weight excluding hydrogens is 330 g/mol. The number of ether oxygens (including phenoxy) is 1. The predicted molar refractivity (Wildman–Crippen MR) is 84.5 cm³/mol. The quantitative estimate of drug-likeness (QED) is 0.826. The molecule has 0 unspecified atom stereocenters. The molecule has 1 heterocycles. The van der Waals surface area contributed by atoms with E-state index in [1.807, 2.05) is 39.0 Å². The smallest absolute Gasteiger partial charge is 0.257 e. The van der Waals surface area contributed by atoms with Gasteiger partial charge in [0.15, 0.2) is 0 Å². The van der Waals surface area contributed by atoms with Crippen LogP contribution in [0, 0.1) is 18.3 Å². The van der Waals surface area contributed by atoms with Gasteiger partial charge in [-0.05, 0) is 59.0 Å². The van der Waals surface area contributed by atoms with Crippen LogP contribution in [0.2, 0.25) is 0 Å². The van der Waals surface area contributed by atoms with Crippen molar-refractivity contribution in [3.63, 3.8) is 0 Å². The van der Waals surface area contributed by atoms with Gasteiger partial charge in [-0.25, -0.2) is 0 Å². The summed E-state index contributed by atoms with van der Waals surface area (Å²) >= 11 is 3.46. The molecule has 0 atom stereocenters. The second-order valence-corrected chi connectivity index (χ2v) is 5.51. The molecule has 1 aromatic carbocycles. The van der Waals surface area contributed by atoms with Gasteiger partial charge in [0.2, 0.25) is 0 Å². The predicted octanol–water partition coefficient (Wildman–Crippen LogP) is 4.34. The molecule has 1 aromatic heterocycles. The Balaban J connectivity index is 2.47. The highest BCUT2D eigenvalue weighted by molar-refractivity contribution is 9.10. The van der Waals surface area contributed by atoms with Gasteiger partial charge < -0.3 is 4.74 Å². The van der Waals surface area contributed by atoms with Gasteiger partial charge in [-0.3, -0.25) is 0 Å². The lowest BCUT2D eigenvalue weighted by molar-refractivity contribution is 0.448. The molecule has 0 aliphatic heterocycles. The zero-order valence-electron chi connectivity index (χ0n) is 12.3. The molecule has 0 spiro atoms. The highest BCUT2D eigenvalue weighted by atomic mass is 79.9. The summed E-state index contributed by atoms with van der Waals surface area (Å²) in [5, 5.41) is 17.7. The van der Waals surface area contributed by atoms with Crippen LogP contribution in [0.25, 0.3) is 0 Å². The average Bonchev–Trinajstić information content (AvgIpc) is 2.49. The molecule has 5 heteroatoms. The Bertz CT molecular complexity index is 707. The van der Waals surface area contributed by atoms with Crippen molar-refractivity contribution in [1.82, 2.24) is 10.2 Å². The third kappa shape index (κ3) is 3.22. The van der Waals surface area contributed by atoms with Crippen LogP contribution in [0.5, 0.6) is 11.6 Å². The van der Waals surface area contributed by atoms with Gasteiger partial charge in [-0.1, -0.05) is 19.9 Å². The minimum atomic E-state index is 0.260. The summed E-state index contributed by atoms with van der Waals surface area (Å²) in [5.74, 6) is 0.883. The van der Waals surface area contributed by atoms with Crippen LogP contribution in [0.1, 0.15) is 36.2 Å². The summed E-state index contributed by atoms with van der Waals surface area (Å²) < 4.78 is 6.61. The Morgan fingerprint density at radius 3 is 2.57 bits per heavy atom. The van der Waals surface area contributed by atoms with Gasteiger partial charge in [-0.15, -0.1) is 5.10 Å². The Morgan fingerprint density at radius 1 is 1.24 bits per heavy atom. The lowest BCUT2D eigenvalue weighted by Gasteiger charge is -2.12. The van der Waals surface area contributed by atoms with Crippen molar-refractivity contribution < 1.29 is 4.74 Å². The van der Waals surface area contributed by atoms with Crippen molar-refractivity contribution in [2.24, 2.45) is 0 Å². The van der Waals surface area contributed by atoms with Gasteiger partial charge >= 0.3 is 0 Å². The van der Waals surface area contributed by atoms with Crippen molar-refractivity contribution >= 4 is 15.9 Å². The Hall–Kier alpha value is -1.93. The van der Waals surface area contributed by atoms with E-state index in [2.05, 4.69) is 32.2 Å². The number of nitriles is 1. The standard InChI is InChI=1S/C16H16BrN3O/c1-4-11-12(9-18)16(20-19-14(11)5-2)21-15-7-6-10(3)8-13(15)17/h6-8H,4-5H2,1-3H3. The molecule has 0 saturated heterocycles. The number of hydrogen-bond acceptors (Lipinski definition) is 4. The van der Waals surface area contributed by atoms with Gasteiger partial charge in [0.25, 0.3) is 5.88 Å². The van der Waals surface area contributed by atoms with E-state index >= 15 is 0 Å². The topological polar surface area (TPSA) is 58.8 Å². The van der Waals surface area contributed by atoms with Crippen LogP contribution < -0.4 is 4.74 Å².